The highest BCUT2D eigenvalue weighted by atomic mass is 35.5. The highest BCUT2D eigenvalue weighted by Gasteiger charge is 2.18. The summed E-state index contributed by atoms with van der Waals surface area (Å²) in [5.41, 5.74) is 6.34. The van der Waals surface area contributed by atoms with Gasteiger partial charge < -0.3 is 5.73 Å². The zero-order chi connectivity index (χ0) is 14.4. The second-order valence-electron chi connectivity index (χ2n) is 4.15. The van der Waals surface area contributed by atoms with Crippen molar-refractivity contribution in [1.82, 2.24) is 9.38 Å². The highest BCUT2D eigenvalue weighted by Crippen LogP contribution is 2.32. The maximum absolute atomic E-state index is 13.8. The molecule has 0 saturated heterocycles. The minimum absolute atomic E-state index is 0.0293. The van der Waals surface area contributed by atoms with E-state index in [1.165, 1.54) is 28.8 Å². The molecule has 0 fully saturated rings. The SMILES string of the molecule is Nc1c(-c2cccc(F)c2F)nc2c(Cl)cc(Cl)cn12. The fourth-order valence-electron chi connectivity index (χ4n) is 1.98. The lowest BCUT2D eigenvalue weighted by Crippen LogP contribution is -1.96. The lowest BCUT2D eigenvalue weighted by molar-refractivity contribution is 0.511. The van der Waals surface area contributed by atoms with E-state index in [2.05, 4.69) is 4.98 Å². The molecule has 2 N–H and O–H groups in total. The fourth-order valence-corrected chi connectivity index (χ4v) is 2.49. The van der Waals surface area contributed by atoms with Gasteiger partial charge in [-0.3, -0.25) is 4.40 Å². The van der Waals surface area contributed by atoms with Crippen LogP contribution in [0.5, 0.6) is 0 Å². The molecule has 0 unspecified atom stereocenters. The van der Waals surface area contributed by atoms with Gasteiger partial charge in [0.25, 0.3) is 0 Å². The van der Waals surface area contributed by atoms with Gasteiger partial charge >= 0.3 is 0 Å². The van der Waals surface area contributed by atoms with E-state index in [9.17, 15) is 8.78 Å². The average Bonchev–Trinajstić information content (AvgIpc) is 2.71. The fraction of sp³-hybridized carbons (Fsp3) is 0. The van der Waals surface area contributed by atoms with Crippen LogP contribution in [0, 0.1) is 11.6 Å². The Kier molecular flexibility index (Phi) is 3.03. The van der Waals surface area contributed by atoms with Crippen molar-refractivity contribution >= 4 is 34.7 Å². The van der Waals surface area contributed by atoms with Crippen LogP contribution >= 0.6 is 23.2 Å². The van der Waals surface area contributed by atoms with Crippen molar-refractivity contribution in [1.29, 1.82) is 0 Å². The molecule has 2 heterocycles. The van der Waals surface area contributed by atoms with Crippen molar-refractivity contribution in [2.45, 2.75) is 0 Å². The van der Waals surface area contributed by atoms with E-state index in [0.717, 1.165) is 6.07 Å². The second-order valence-corrected chi connectivity index (χ2v) is 4.99. The number of imidazole rings is 1. The standard InChI is InChI=1S/C13H7Cl2F2N3/c14-6-4-8(15)13-19-11(12(18)20(13)5-6)7-2-1-3-9(16)10(7)17/h1-5H,18H2. The lowest BCUT2D eigenvalue weighted by atomic mass is 10.1. The number of nitrogens with zero attached hydrogens (tertiary/aromatic N) is 2. The normalized spacial score (nSPS) is 11.2. The quantitative estimate of drug-likeness (QED) is 0.732. The number of rotatable bonds is 1. The number of halogens is 4. The molecule has 2 aromatic heterocycles. The van der Waals surface area contributed by atoms with Crippen molar-refractivity contribution < 1.29 is 8.78 Å². The summed E-state index contributed by atoms with van der Waals surface area (Å²) in [5.74, 6) is -1.85. The van der Waals surface area contributed by atoms with Gasteiger partial charge in [0, 0.05) is 11.8 Å². The zero-order valence-corrected chi connectivity index (χ0v) is 11.4. The van der Waals surface area contributed by atoms with Crippen LogP contribution in [0.2, 0.25) is 10.0 Å². The second kappa shape index (κ2) is 4.61. The van der Waals surface area contributed by atoms with Gasteiger partial charge in [-0.25, -0.2) is 13.8 Å². The predicted molar refractivity (Wildman–Crippen MR) is 75.0 cm³/mol. The monoisotopic (exact) mass is 313 g/mol. The smallest absolute Gasteiger partial charge is 0.168 e. The molecule has 3 rings (SSSR count). The Bertz CT molecular complexity index is 830. The first kappa shape index (κ1) is 13.1. The summed E-state index contributed by atoms with van der Waals surface area (Å²) in [6, 6.07) is 5.29. The summed E-state index contributed by atoms with van der Waals surface area (Å²) in [4.78, 5) is 4.17. The van der Waals surface area contributed by atoms with Crippen molar-refractivity contribution in [3.8, 4) is 11.3 Å². The van der Waals surface area contributed by atoms with Crippen LogP contribution in [0.25, 0.3) is 16.9 Å². The third-order valence-electron chi connectivity index (χ3n) is 2.89. The summed E-state index contributed by atoms with van der Waals surface area (Å²) in [6.07, 6.45) is 1.51. The van der Waals surface area contributed by atoms with Crippen molar-refractivity contribution in [3.63, 3.8) is 0 Å². The van der Waals surface area contributed by atoms with Crippen LogP contribution in [-0.4, -0.2) is 9.38 Å². The van der Waals surface area contributed by atoms with E-state index in [-0.39, 0.29) is 22.1 Å². The highest BCUT2D eigenvalue weighted by molar-refractivity contribution is 6.36. The van der Waals surface area contributed by atoms with Gasteiger partial charge in [-0.2, -0.15) is 0 Å². The summed E-state index contributed by atoms with van der Waals surface area (Å²) >= 11 is 11.9. The molecule has 0 amide bonds. The van der Waals surface area contributed by atoms with Crippen molar-refractivity contribution in [3.05, 3.63) is 52.1 Å². The van der Waals surface area contributed by atoms with Crippen molar-refractivity contribution in [2.75, 3.05) is 5.73 Å². The molecule has 3 nitrogen and oxygen atoms in total. The summed E-state index contributed by atoms with van der Waals surface area (Å²) in [7, 11) is 0. The number of nitrogens with two attached hydrogens (primary N) is 1. The molecule has 3 aromatic rings. The van der Waals surface area contributed by atoms with E-state index in [4.69, 9.17) is 28.9 Å². The van der Waals surface area contributed by atoms with Crippen LogP contribution in [0.15, 0.2) is 30.5 Å². The summed E-state index contributed by atoms with van der Waals surface area (Å²) in [6.45, 7) is 0. The minimum atomic E-state index is -1.01. The van der Waals surface area contributed by atoms with E-state index < -0.39 is 11.6 Å². The molecule has 102 valence electrons. The van der Waals surface area contributed by atoms with E-state index in [1.807, 2.05) is 0 Å². The van der Waals surface area contributed by atoms with E-state index in [0.29, 0.717) is 10.7 Å². The van der Waals surface area contributed by atoms with E-state index >= 15 is 0 Å². The molecule has 20 heavy (non-hydrogen) atoms. The van der Waals surface area contributed by atoms with Gasteiger partial charge in [0.1, 0.15) is 11.5 Å². The number of hydrogen-bond acceptors (Lipinski definition) is 2. The first-order valence-corrected chi connectivity index (χ1v) is 6.31. The first-order valence-electron chi connectivity index (χ1n) is 5.56. The molecule has 0 aliphatic heterocycles. The van der Waals surface area contributed by atoms with Crippen LogP contribution in [0.4, 0.5) is 14.6 Å². The third-order valence-corrected chi connectivity index (χ3v) is 3.37. The maximum atomic E-state index is 13.8. The Morgan fingerprint density at radius 2 is 1.95 bits per heavy atom. The molecule has 0 bridgehead atoms. The van der Waals surface area contributed by atoms with E-state index in [1.54, 1.807) is 0 Å². The predicted octanol–water partition coefficient (Wildman–Crippen LogP) is 4.17. The van der Waals surface area contributed by atoms with Gasteiger partial charge in [-0.15, -0.1) is 0 Å². The lowest BCUT2D eigenvalue weighted by Gasteiger charge is -2.02. The summed E-state index contributed by atoms with van der Waals surface area (Å²) in [5, 5.41) is 0.630. The van der Waals surface area contributed by atoms with Gasteiger partial charge in [-0.05, 0) is 18.2 Å². The molecule has 0 aliphatic carbocycles. The van der Waals surface area contributed by atoms with Gasteiger partial charge in [0.05, 0.1) is 10.0 Å². The number of benzene rings is 1. The Morgan fingerprint density at radius 1 is 1.20 bits per heavy atom. The Balaban J connectivity index is 2.35. The maximum Gasteiger partial charge on any atom is 0.168 e. The van der Waals surface area contributed by atoms with Crippen molar-refractivity contribution in [2.24, 2.45) is 0 Å². The third kappa shape index (κ3) is 1.90. The minimum Gasteiger partial charge on any atom is -0.383 e. The number of pyridine rings is 1. The molecule has 0 aliphatic rings. The molecular formula is C13H7Cl2F2N3. The number of nitrogen functional groups attached to an aromatic ring is 1. The van der Waals surface area contributed by atoms with Crippen LogP contribution < -0.4 is 5.73 Å². The Labute approximate surface area is 122 Å². The molecule has 0 radical (unpaired) electrons. The zero-order valence-electron chi connectivity index (χ0n) is 9.87. The first-order chi connectivity index (χ1) is 9.49. The molecule has 1 aromatic carbocycles. The van der Waals surface area contributed by atoms with Crippen LogP contribution in [0.1, 0.15) is 0 Å². The van der Waals surface area contributed by atoms with Gasteiger partial charge in [-0.1, -0.05) is 29.3 Å². The molecule has 0 spiro atoms. The van der Waals surface area contributed by atoms with Crippen LogP contribution in [0.3, 0.4) is 0 Å². The number of anilines is 1. The van der Waals surface area contributed by atoms with Crippen LogP contribution in [-0.2, 0) is 0 Å². The van der Waals surface area contributed by atoms with Gasteiger partial charge in [0.15, 0.2) is 17.3 Å². The average molecular weight is 314 g/mol. The number of aromatic nitrogens is 2. The summed E-state index contributed by atoms with van der Waals surface area (Å²) < 4.78 is 28.6. The largest absolute Gasteiger partial charge is 0.383 e. The molecule has 0 saturated carbocycles. The Hall–Kier alpha value is -1.85. The van der Waals surface area contributed by atoms with Gasteiger partial charge in [0.2, 0.25) is 0 Å². The number of fused-ring (bicyclic) bond motifs is 1. The molecule has 7 heteroatoms. The molecular weight excluding hydrogens is 307 g/mol. The number of hydrogen-bond donors (Lipinski definition) is 1. The topological polar surface area (TPSA) is 43.3 Å². The molecule has 0 atom stereocenters. The Morgan fingerprint density at radius 3 is 2.70 bits per heavy atom.